The summed E-state index contributed by atoms with van der Waals surface area (Å²) >= 11 is 5.77. The van der Waals surface area contributed by atoms with Crippen molar-refractivity contribution in [3.05, 3.63) is 75.1 Å². The first-order valence-corrected chi connectivity index (χ1v) is 11.1. The van der Waals surface area contributed by atoms with Crippen LogP contribution in [0.5, 0.6) is 0 Å². The van der Waals surface area contributed by atoms with Crippen molar-refractivity contribution in [2.24, 2.45) is 0 Å². The second kappa shape index (κ2) is 9.19. The number of carbonyl (C=O) groups excluding carboxylic acids is 1. The zero-order valence-corrected chi connectivity index (χ0v) is 18.2. The van der Waals surface area contributed by atoms with E-state index in [1.54, 1.807) is 12.1 Å². The molecule has 1 aromatic heterocycles. The van der Waals surface area contributed by atoms with E-state index in [2.05, 4.69) is 4.72 Å². The minimum Gasteiger partial charge on any atom is -0.460 e. The largest absolute Gasteiger partial charge is 0.460 e. The van der Waals surface area contributed by atoms with Crippen molar-refractivity contribution in [3.63, 3.8) is 0 Å². The highest BCUT2D eigenvalue weighted by atomic mass is 35.5. The van der Waals surface area contributed by atoms with Gasteiger partial charge < -0.3 is 14.3 Å². The van der Waals surface area contributed by atoms with Crippen molar-refractivity contribution < 1.29 is 27.5 Å². The Morgan fingerprint density at radius 2 is 1.87 bits per heavy atom. The van der Waals surface area contributed by atoms with Gasteiger partial charge in [-0.05, 0) is 49.7 Å². The second-order valence-electron chi connectivity index (χ2n) is 6.99. The zero-order valence-electron chi connectivity index (χ0n) is 16.7. The third-order valence-corrected chi connectivity index (χ3v) is 6.21. The summed E-state index contributed by atoms with van der Waals surface area (Å²) in [5, 5.41) is 10.9. The van der Waals surface area contributed by atoms with E-state index in [4.69, 9.17) is 20.8 Å². The van der Waals surface area contributed by atoms with Gasteiger partial charge in [-0.2, -0.15) is 4.72 Å². The van der Waals surface area contributed by atoms with Crippen LogP contribution in [-0.2, 0) is 26.2 Å². The number of hydrogen-bond donors (Lipinski definition) is 2. The Bertz CT molecular complexity index is 1270. The lowest BCUT2D eigenvalue weighted by Crippen LogP contribution is -2.48. The summed E-state index contributed by atoms with van der Waals surface area (Å²) in [5.41, 5.74) is 1.01. The number of nitrogens with one attached hydrogen (secondary N) is 1. The van der Waals surface area contributed by atoms with E-state index in [0.29, 0.717) is 21.6 Å². The van der Waals surface area contributed by atoms with Gasteiger partial charge in [0, 0.05) is 22.0 Å². The lowest BCUT2D eigenvalue weighted by atomic mass is 10.1. The molecule has 0 amide bonds. The Balaban J connectivity index is 1.80. The molecule has 2 atom stereocenters. The molecule has 2 N–H and O–H groups in total. The Morgan fingerprint density at radius 3 is 2.52 bits per heavy atom. The summed E-state index contributed by atoms with van der Waals surface area (Å²) in [6.07, 6.45) is -1.38. The molecule has 2 aromatic carbocycles. The first-order chi connectivity index (χ1) is 14.6. The molecule has 164 valence electrons. The fourth-order valence-corrected chi connectivity index (χ4v) is 4.27. The summed E-state index contributed by atoms with van der Waals surface area (Å²) in [5.74, 6) is -0.999. The molecule has 0 aliphatic heterocycles. The predicted octanol–water partition coefficient (Wildman–Crippen LogP) is 2.53. The summed E-state index contributed by atoms with van der Waals surface area (Å²) < 4.78 is 37.6. The monoisotopic (exact) mass is 465 g/mol. The van der Waals surface area contributed by atoms with Gasteiger partial charge in [0.1, 0.15) is 18.2 Å². The number of ether oxygens (including phenoxy) is 1. The molecule has 10 heteroatoms. The van der Waals surface area contributed by atoms with E-state index in [1.807, 2.05) is 13.0 Å². The third kappa shape index (κ3) is 5.50. The first-order valence-electron chi connectivity index (χ1n) is 9.23. The van der Waals surface area contributed by atoms with Gasteiger partial charge in [-0.3, -0.25) is 4.79 Å². The minimum atomic E-state index is -4.13. The topological polar surface area (TPSA) is 123 Å². The van der Waals surface area contributed by atoms with Gasteiger partial charge in [0.05, 0.1) is 11.0 Å². The van der Waals surface area contributed by atoms with Gasteiger partial charge in [0.2, 0.25) is 10.0 Å². The molecule has 0 saturated heterocycles. The number of aliphatic hydroxyl groups excluding tert-OH is 1. The summed E-state index contributed by atoms with van der Waals surface area (Å²) in [6, 6.07) is 10.2. The van der Waals surface area contributed by atoms with E-state index in [1.165, 1.54) is 37.3 Å². The van der Waals surface area contributed by atoms with E-state index < -0.39 is 33.8 Å². The van der Waals surface area contributed by atoms with Gasteiger partial charge >= 0.3 is 11.6 Å². The van der Waals surface area contributed by atoms with Crippen LogP contribution >= 0.6 is 11.6 Å². The Kier molecular flexibility index (Phi) is 6.80. The Labute approximate surface area is 183 Å². The third-order valence-electron chi connectivity index (χ3n) is 4.50. The summed E-state index contributed by atoms with van der Waals surface area (Å²) in [4.78, 5) is 24.3. The lowest BCUT2D eigenvalue weighted by molar-refractivity contribution is -0.149. The Hall–Kier alpha value is -2.72. The van der Waals surface area contributed by atoms with Crippen molar-refractivity contribution in [3.8, 4) is 0 Å². The molecule has 0 bridgehead atoms. The summed E-state index contributed by atoms with van der Waals surface area (Å²) in [6.45, 7) is 2.79. The van der Waals surface area contributed by atoms with Crippen LogP contribution < -0.4 is 10.3 Å². The van der Waals surface area contributed by atoms with Gasteiger partial charge in [-0.25, -0.2) is 13.2 Å². The van der Waals surface area contributed by atoms with E-state index in [-0.39, 0.29) is 11.5 Å². The number of hydrogen-bond acceptors (Lipinski definition) is 7. The molecule has 0 saturated carbocycles. The van der Waals surface area contributed by atoms with Crippen molar-refractivity contribution in [1.29, 1.82) is 0 Å². The fourth-order valence-electron chi connectivity index (χ4n) is 2.89. The molecular weight excluding hydrogens is 446 g/mol. The smallest absolute Gasteiger partial charge is 0.336 e. The van der Waals surface area contributed by atoms with Crippen molar-refractivity contribution in [2.45, 2.75) is 37.5 Å². The molecule has 0 spiro atoms. The molecule has 3 aromatic rings. The van der Waals surface area contributed by atoms with Crippen LogP contribution in [-0.4, -0.2) is 31.6 Å². The number of rotatable bonds is 7. The van der Waals surface area contributed by atoms with Crippen LogP contribution in [0.1, 0.15) is 18.1 Å². The van der Waals surface area contributed by atoms with Gasteiger partial charge in [0.25, 0.3) is 0 Å². The maximum Gasteiger partial charge on any atom is 0.336 e. The molecule has 0 fully saturated rings. The van der Waals surface area contributed by atoms with Crippen LogP contribution in [0.15, 0.2) is 62.6 Å². The molecule has 31 heavy (non-hydrogen) atoms. The standard InChI is InChI=1S/C21H20ClNO7S/c1-12-3-8-17-14(10-19(25)30-18(17)9-12)11-29-21(26)20(13(2)24)23-31(27,28)16-6-4-15(22)5-7-16/h3-10,13,20,23-24H,11H2,1-2H3/t13-,20-/m0/s1. The first kappa shape index (κ1) is 23.0. The Morgan fingerprint density at radius 1 is 1.19 bits per heavy atom. The van der Waals surface area contributed by atoms with E-state index in [0.717, 1.165) is 5.56 Å². The number of halogens is 1. The molecule has 0 radical (unpaired) electrons. The maximum atomic E-state index is 12.6. The number of sulfonamides is 1. The number of aliphatic hydroxyl groups is 1. The number of esters is 1. The van der Waals surface area contributed by atoms with Crippen molar-refractivity contribution >= 4 is 38.6 Å². The van der Waals surface area contributed by atoms with E-state index in [9.17, 15) is 23.1 Å². The van der Waals surface area contributed by atoms with Crippen LogP contribution in [0, 0.1) is 6.92 Å². The maximum absolute atomic E-state index is 12.6. The van der Waals surface area contributed by atoms with Gasteiger partial charge in [-0.15, -0.1) is 0 Å². The average Bonchev–Trinajstić information content (AvgIpc) is 2.69. The van der Waals surface area contributed by atoms with E-state index >= 15 is 0 Å². The van der Waals surface area contributed by atoms with Crippen LogP contribution in [0.3, 0.4) is 0 Å². The molecule has 0 aliphatic rings. The van der Waals surface area contributed by atoms with Gasteiger partial charge in [0.15, 0.2) is 0 Å². The predicted molar refractivity (Wildman–Crippen MR) is 114 cm³/mol. The quantitative estimate of drug-likeness (QED) is 0.406. The molecule has 0 aliphatic carbocycles. The van der Waals surface area contributed by atoms with Crippen LogP contribution in [0.4, 0.5) is 0 Å². The van der Waals surface area contributed by atoms with Gasteiger partial charge in [-0.1, -0.05) is 23.7 Å². The average molecular weight is 466 g/mol. The summed E-state index contributed by atoms with van der Waals surface area (Å²) in [7, 11) is -4.13. The molecule has 0 unspecified atom stereocenters. The van der Waals surface area contributed by atoms with Crippen molar-refractivity contribution in [2.75, 3.05) is 0 Å². The SMILES string of the molecule is Cc1ccc2c(COC(=O)[C@@H](NS(=O)(=O)c3ccc(Cl)cc3)[C@H](C)O)cc(=O)oc2c1. The number of benzene rings is 2. The minimum absolute atomic E-state index is 0.127. The number of aryl methyl sites for hydroxylation is 1. The highest BCUT2D eigenvalue weighted by Gasteiger charge is 2.31. The zero-order chi connectivity index (χ0) is 22.8. The molecular formula is C21H20ClNO7S. The van der Waals surface area contributed by atoms with Crippen LogP contribution in [0.2, 0.25) is 5.02 Å². The highest BCUT2D eigenvalue weighted by Crippen LogP contribution is 2.20. The molecule has 8 nitrogen and oxygen atoms in total. The highest BCUT2D eigenvalue weighted by molar-refractivity contribution is 7.89. The van der Waals surface area contributed by atoms with Crippen LogP contribution in [0.25, 0.3) is 11.0 Å². The number of carbonyl (C=O) groups is 1. The number of fused-ring (bicyclic) bond motifs is 1. The molecule has 3 rings (SSSR count). The second-order valence-corrected chi connectivity index (χ2v) is 9.14. The molecule has 1 heterocycles. The fraction of sp³-hybridized carbons (Fsp3) is 0.238. The van der Waals surface area contributed by atoms with Crippen molar-refractivity contribution in [1.82, 2.24) is 4.72 Å². The normalized spacial score (nSPS) is 13.7. The lowest BCUT2D eigenvalue weighted by Gasteiger charge is -2.20.